The molecule has 1 amide bonds. The van der Waals surface area contributed by atoms with E-state index < -0.39 is 0 Å². The number of carbonyl (C=O) groups is 1. The van der Waals surface area contributed by atoms with Crippen molar-refractivity contribution < 1.29 is 9.53 Å². The molecule has 4 nitrogen and oxygen atoms in total. The summed E-state index contributed by atoms with van der Waals surface area (Å²) in [7, 11) is 0. The molecule has 0 bridgehead atoms. The summed E-state index contributed by atoms with van der Waals surface area (Å²) >= 11 is 6.83. The number of carbonyl (C=O) groups excluding carboxylic acids is 1. The summed E-state index contributed by atoms with van der Waals surface area (Å²) in [4.78, 5) is 11.9. The Hall–Kier alpha value is -0.430. The highest BCUT2D eigenvalue weighted by Gasteiger charge is 2.18. The molecule has 1 heterocycles. The number of anilines is 1. The second kappa shape index (κ2) is 6.65. The lowest BCUT2D eigenvalue weighted by molar-refractivity contribution is -0.117. The third-order valence-corrected chi connectivity index (χ3v) is 3.98. The Labute approximate surface area is 123 Å². The van der Waals surface area contributed by atoms with Gasteiger partial charge >= 0.3 is 0 Å². The monoisotopic (exact) mass is 376 g/mol. The molecule has 18 heavy (non-hydrogen) atoms. The van der Waals surface area contributed by atoms with Crippen molar-refractivity contribution in [2.75, 3.05) is 25.1 Å². The van der Waals surface area contributed by atoms with Gasteiger partial charge in [0.15, 0.2) is 0 Å². The van der Waals surface area contributed by atoms with Gasteiger partial charge in [-0.1, -0.05) is 6.07 Å². The average molecular weight is 378 g/mol. The third-order valence-electron chi connectivity index (χ3n) is 2.66. The molecule has 98 valence electrons. The molecule has 6 heteroatoms. The Bertz CT molecular complexity index is 414. The molecule has 0 radical (unpaired) electrons. The number of ether oxygens (including phenoxy) is 1. The lowest BCUT2D eigenvalue weighted by Gasteiger charge is -2.23. The molecule has 0 aliphatic carbocycles. The lowest BCUT2D eigenvalue weighted by Crippen LogP contribution is -2.43. The van der Waals surface area contributed by atoms with Gasteiger partial charge in [0.25, 0.3) is 0 Å². The second-order valence-electron chi connectivity index (χ2n) is 4.07. The normalized spacial score (nSPS) is 19.6. The first-order valence-corrected chi connectivity index (χ1v) is 7.30. The molecule has 1 saturated heterocycles. The van der Waals surface area contributed by atoms with Gasteiger partial charge in [-0.2, -0.15) is 0 Å². The fourth-order valence-corrected chi connectivity index (χ4v) is 2.98. The summed E-state index contributed by atoms with van der Waals surface area (Å²) in [6.07, 6.45) is 0.410. The number of hydrogen-bond acceptors (Lipinski definition) is 3. The first kappa shape index (κ1) is 14.0. The Balaban J connectivity index is 1.94. The molecule has 1 atom stereocenters. The van der Waals surface area contributed by atoms with Crippen LogP contribution in [0.1, 0.15) is 6.42 Å². The van der Waals surface area contributed by atoms with Crippen molar-refractivity contribution in [1.82, 2.24) is 5.32 Å². The summed E-state index contributed by atoms with van der Waals surface area (Å²) in [6, 6.07) is 5.78. The molecule has 0 spiro atoms. The fraction of sp³-hybridized carbons (Fsp3) is 0.417. The number of halogens is 2. The fourth-order valence-electron chi connectivity index (χ4n) is 1.78. The van der Waals surface area contributed by atoms with Crippen LogP contribution in [0, 0.1) is 0 Å². The molecule has 2 rings (SSSR count). The van der Waals surface area contributed by atoms with Crippen LogP contribution in [-0.4, -0.2) is 31.7 Å². The van der Waals surface area contributed by atoms with Crippen LogP contribution in [0.4, 0.5) is 5.69 Å². The van der Waals surface area contributed by atoms with E-state index in [0.717, 1.165) is 21.2 Å². The molecular weight excluding hydrogens is 364 g/mol. The second-order valence-corrected chi connectivity index (χ2v) is 5.78. The van der Waals surface area contributed by atoms with Crippen LogP contribution in [0.5, 0.6) is 0 Å². The van der Waals surface area contributed by atoms with Crippen molar-refractivity contribution in [2.24, 2.45) is 0 Å². The van der Waals surface area contributed by atoms with E-state index in [2.05, 4.69) is 42.5 Å². The number of morpholine rings is 1. The summed E-state index contributed by atoms with van der Waals surface area (Å²) in [5.74, 6) is -0.0226. The van der Waals surface area contributed by atoms with Crippen LogP contribution < -0.4 is 10.6 Å². The molecule has 0 saturated carbocycles. The summed E-state index contributed by atoms with van der Waals surface area (Å²) in [5, 5.41) is 6.15. The van der Waals surface area contributed by atoms with E-state index >= 15 is 0 Å². The van der Waals surface area contributed by atoms with E-state index in [1.165, 1.54) is 0 Å². The SMILES string of the molecule is O=C(CC1COCCN1)Nc1c(Br)cccc1Br. The maximum Gasteiger partial charge on any atom is 0.226 e. The van der Waals surface area contributed by atoms with E-state index in [9.17, 15) is 4.79 Å². The third kappa shape index (κ3) is 3.78. The van der Waals surface area contributed by atoms with Crippen LogP contribution in [0.25, 0.3) is 0 Å². The van der Waals surface area contributed by atoms with E-state index in [1.807, 2.05) is 18.2 Å². The number of hydrogen-bond donors (Lipinski definition) is 2. The minimum atomic E-state index is -0.0226. The minimum Gasteiger partial charge on any atom is -0.378 e. The van der Waals surface area contributed by atoms with Gasteiger partial charge in [-0.05, 0) is 44.0 Å². The van der Waals surface area contributed by atoms with Crippen LogP contribution in [0.3, 0.4) is 0 Å². The summed E-state index contributed by atoms with van der Waals surface area (Å²) < 4.78 is 7.04. The predicted octanol–water partition coefficient (Wildman–Crippen LogP) is 2.53. The standard InChI is InChI=1S/C12H14Br2N2O2/c13-9-2-1-3-10(14)12(9)16-11(17)6-8-7-18-5-4-15-8/h1-3,8,15H,4-7H2,(H,16,17). The van der Waals surface area contributed by atoms with E-state index in [4.69, 9.17) is 4.74 Å². The van der Waals surface area contributed by atoms with E-state index in [0.29, 0.717) is 19.6 Å². The molecule has 1 unspecified atom stereocenters. The highest BCUT2D eigenvalue weighted by molar-refractivity contribution is 9.11. The van der Waals surface area contributed by atoms with E-state index in [-0.39, 0.29) is 11.9 Å². The zero-order valence-electron chi connectivity index (χ0n) is 9.71. The zero-order chi connectivity index (χ0) is 13.0. The van der Waals surface area contributed by atoms with Gasteiger partial charge in [-0.25, -0.2) is 0 Å². The first-order chi connectivity index (χ1) is 8.66. The number of rotatable bonds is 3. The van der Waals surface area contributed by atoms with E-state index in [1.54, 1.807) is 0 Å². The Morgan fingerprint density at radius 1 is 1.44 bits per heavy atom. The number of amides is 1. The summed E-state index contributed by atoms with van der Waals surface area (Å²) in [6.45, 7) is 2.11. The van der Waals surface area contributed by atoms with Gasteiger partial charge in [-0.3, -0.25) is 4.79 Å². The molecule has 2 N–H and O–H groups in total. The molecular formula is C12H14Br2N2O2. The number of para-hydroxylation sites is 1. The lowest BCUT2D eigenvalue weighted by atomic mass is 10.2. The van der Waals surface area contributed by atoms with Gasteiger partial charge in [0.05, 0.1) is 18.9 Å². The Kier molecular flexibility index (Phi) is 5.17. The van der Waals surface area contributed by atoms with Crippen molar-refractivity contribution in [2.45, 2.75) is 12.5 Å². The van der Waals surface area contributed by atoms with Crippen LogP contribution in [-0.2, 0) is 9.53 Å². The Morgan fingerprint density at radius 3 is 2.78 bits per heavy atom. The average Bonchev–Trinajstić information content (AvgIpc) is 2.35. The Morgan fingerprint density at radius 2 is 2.17 bits per heavy atom. The predicted molar refractivity (Wildman–Crippen MR) is 77.7 cm³/mol. The van der Waals surface area contributed by atoms with Crippen molar-refractivity contribution in [3.8, 4) is 0 Å². The molecule has 1 aliphatic heterocycles. The maximum absolute atomic E-state index is 11.9. The number of nitrogens with one attached hydrogen (secondary N) is 2. The maximum atomic E-state index is 11.9. The molecule has 1 aromatic rings. The molecule has 0 aromatic heterocycles. The van der Waals surface area contributed by atoms with Crippen molar-refractivity contribution in [3.05, 3.63) is 27.1 Å². The van der Waals surface area contributed by atoms with Crippen LogP contribution in [0.2, 0.25) is 0 Å². The van der Waals surface area contributed by atoms with Crippen LogP contribution >= 0.6 is 31.9 Å². The topological polar surface area (TPSA) is 50.4 Å². The van der Waals surface area contributed by atoms with Gasteiger partial charge in [0.2, 0.25) is 5.91 Å². The van der Waals surface area contributed by atoms with Crippen molar-refractivity contribution in [3.63, 3.8) is 0 Å². The largest absolute Gasteiger partial charge is 0.378 e. The van der Waals surface area contributed by atoms with Crippen molar-refractivity contribution in [1.29, 1.82) is 0 Å². The minimum absolute atomic E-state index is 0.0226. The smallest absolute Gasteiger partial charge is 0.226 e. The molecule has 1 aliphatic rings. The molecule has 1 fully saturated rings. The molecule has 1 aromatic carbocycles. The van der Waals surface area contributed by atoms with Gasteiger partial charge in [0, 0.05) is 28.0 Å². The highest BCUT2D eigenvalue weighted by atomic mass is 79.9. The zero-order valence-corrected chi connectivity index (χ0v) is 12.9. The van der Waals surface area contributed by atoms with Gasteiger partial charge in [0.1, 0.15) is 0 Å². The van der Waals surface area contributed by atoms with Crippen LogP contribution in [0.15, 0.2) is 27.1 Å². The van der Waals surface area contributed by atoms with Crippen molar-refractivity contribution >= 4 is 43.5 Å². The first-order valence-electron chi connectivity index (χ1n) is 5.72. The van der Waals surface area contributed by atoms with Gasteiger partial charge in [-0.15, -0.1) is 0 Å². The number of benzene rings is 1. The van der Waals surface area contributed by atoms with Gasteiger partial charge < -0.3 is 15.4 Å². The highest BCUT2D eigenvalue weighted by Crippen LogP contribution is 2.30. The summed E-state index contributed by atoms with van der Waals surface area (Å²) in [5.41, 5.74) is 0.763. The quantitative estimate of drug-likeness (QED) is 0.850.